The average Bonchev–Trinajstić information content (AvgIpc) is 2.35. The fraction of sp³-hybridized carbons (Fsp3) is 0.600. The van der Waals surface area contributed by atoms with Crippen LogP contribution in [-0.4, -0.2) is 28.3 Å². The molecular formula is C10H15BClN3O2. The molecule has 1 aromatic heterocycles. The zero-order valence-electron chi connectivity index (χ0n) is 10.3. The smallest absolute Gasteiger partial charge is 0.399 e. The van der Waals surface area contributed by atoms with Gasteiger partial charge in [0.1, 0.15) is 17.3 Å². The molecule has 0 atom stereocenters. The summed E-state index contributed by atoms with van der Waals surface area (Å²) in [4.78, 5) is 7.80. The van der Waals surface area contributed by atoms with Gasteiger partial charge in [-0.15, -0.1) is 0 Å². The molecule has 7 heteroatoms. The summed E-state index contributed by atoms with van der Waals surface area (Å²) in [5.41, 5.74) is 5.39. The van der Waals surface area contributed by atoms with Crippen LogP contribution >= 0.6 is 11.6 Å². The molecule has 92 valence electrons. The second-order valence-electron chi connectivity index (χ2n) is 5.05. The van der Waals surface area contributed by atoms with E-state index in [1.165, 1.54) is 6.33 Å². The van der Waals surface area contributed by atoms with E-state index < -0.39 is 18.3 Å². The molecule has 0 spiro atoms. The van der Waals surface area contributed by atoms with Gasteiger partial charge >= 0.3 is 7.12 Å². The number of anilines is 1. The molecule has 0 radical (unpaired) electrons. The summed E-state index contributed by atoms with van der Waals surface area (Å²) in [6.07, 6.45) is 1.31. The standard InChI is InChI=1S/C10H15BClN3O2/c1-9(2)10(3,4)17-11(16-9)6-7(12)14-5-15-8(6)13/h5H,1-4H3,(H2,13,14,15). The second kappa shape index (κ2) is 3.83. The Kier molecular flexibility index (Phi) is 2.84. The summed E-state index contributed by atoms with van der Waals surface area (Å²) < 4.78 is 11.7. The first-order valence-corrected chi connectivity index (χ1v) is 5.74. The van der Waals surface area contributed by atoms with Crippen molar-refractivity contribution < 1.29 is 9.31 Å². The van der Waals surface area contributed by atoms with E-state index in [1.807, 2.05) is 27.7 Å². The van der Waals surface area contributed by atoms with E-state index in [1.54, 1.807) is 0 Å². The first-order valence-electron chi connectivity index (χ1n) is 5.36. The minimum Gasteiger partial charge on any atom is -0.399 e. The van der Waals surface area contributed by atoms with Crippen molar-refractivity contribution in [3.05, 3.63) is 11.5 Å². The molecule has 17 heavy (non-hydrogen) atoms. The van der Waals surface area contributed by atoms with Gasteiger partial charge in [-0.25, -0.2) is 9.97 Å². The van der Waals surface area contributed by atoms with Gasteiger partial charge in [0.05, 0.1) is 16.7 Å². The molecule has 0 bridgehead atoms. The Morgan fingerprint density at radius 1 is 1.18 bits per heavy atom. The highest BCUT2D eigenvalue weighted by Crippen LogP contribution is 2.37. The predicted octanol–water partition coefficient (Wildman–Crippen LogP) is 1.01. The van der Waals surface area contributed by atoms with Crippen LogP contribution in [0.5, 0.6) is 0 Å². The van der Waals surface area contributed by atoms with Gasteiger partial charge in [-0.05, 0) is 27.7 Å². The second-order valence-corrected chi connectivity index (χ2v) is 5.41. The largest absolute Gasteiger partial charge is 0.501 e. The van der Waals surface area contributed by atoms with E-state index in [0.29, 0.717) is 5.46 Å². The Labute approximate surface area is 106 Å². The first kappa shape index (κ1) is 12.6. The highest BCUT2D eigenvalue weighted by atomic mass is 35.5. The lowest BCUT2D eigenvalue weighted by molar-refractivity contribution is 0.00578. The number of aromatic nitrogens is 2. The maximum absolute atomic E-state index is 6.00. The monoisotopic (exact) mass is 255 g/mol. The first-order chi connectivity index (χ1) is 7.74. The molecule has 0 aromatic carbocycles. The molecule has 0 unspecified atom stereocenters. The van der Waals surface area contributed by atoms with Gasteiger partial charge in [0, 0.05) is 0 Å². The molecule has 0 saturated carbocycles. The highest BCUT2D eigenvalue weighted by molar-refractivity contribution is 6.67. The number of hydrogen-bond acceptors (Lipinski definition) is 5. The molecule has 1 aliphatic rings. The van der Waals surface area contributed by atoms with Crippen molar-refractivity contribution in [1.82, 2.24) is 9.97 Å². The van der Waals surface area contributed by atoms with E-state index in [0.717, 1.165) is 0 Å². The van der Waals surface area contributed by atoms with Crippen LogP contribution in [0.15, 0.2) is 6.33 Å². The van der Waals surface area contributed by atoms with Crippen molar-refractivity contribution in [2.24, 2.45) is 0 Å². The Hall–Kier alpha value is -0.845. The Balaban J connectivity index is 2.39. The summed E-state index contributed by atoms with van der Waals surface area (Å²) >= 11 is 6.00. The Bertz CT molecular complexity index is 417. The molecule has 2 N–H and O–H groups in total. The summed E-state index contributed by atoms with van der Waals surface area (Å²) in [5, 5.41) is 0.260. The number of halogens is 1. The number of rotatable bonds is 1. The van der Waals surface area contributed by atoms with Crippen LogP contribution in [0.3, 0.4) is 0 Å². The van der Waals surface area contributed by atoms with Gasteiger partial charge in [-0.1, -0.05) is 11.6 Å². The normalized spacial score (nSPS) is 21.8. The topological polar surface area (TPSA) is 70.3 Å². The third-order valence-electron chi connectivity index (χ3n) is 3.36. The molecule has 5 nitrogen and oxygen atoms in total. The lowest BCUT2D eigenvalue weighted by atomic mass is 9.80. The molecule has 2 rings (SSSR count). The van der Waals surface area contributed by atoms with Gasteiger partial charge in [-0.2, -0.15) is 0 Å². The van der Waals surface area contributed by atoms with E-state index >= 15 is 0 Å². The molecular weight excluding hydrogens is 240 g/mol. The van der Waals surface area contributed by atoms with Gasteiger partial charge in [0.2, 0.25) is 0 Å². The van der Waals surface area contributed by atoms with E-state index in [-0.39, 0.29) is 11.0 Å². The van der Waals surface area contributed by atoms with E-state index in [2.05, 4.69) is 9.97 Å². The van der Waals surface area contributed by atoms with Gasteiger partial charge in [-0.3, -0.25) is 0 Å². The lowest BCUT2D eigenvalue weighted by Crippen LogP contribution is -2.41. The lowest BCUT2D eigenvalue weighted by Gasteiger charge is -2.32. The van der Waals surface area contributed by atoms with Gasteiger partial charge in [0.25, 0.3) is 0 Å². The zero-order chi connectivity index (χ0) is 12.8. The van der Waals surface area contributed by atoms with Crippen LogP contribution in [-0.2, 0) is 9.31 Å². The molecule has 2 heterocycles. The van der Waals surface area contributed by atoms with Crippen LogP contribution in [0.1, 0.15) is 27.7 Å². The fourth-order valence-electron chi connectivity index (χ4n) is 1.57. The third-order valence-corrected chi connectivity index (χ3v) is 3.66. The van der Waals surface area contributed by atoms with Gasteiger partial charge < -0.3 is 15.0 Å². The number of nitrogens with zero attached hydrogens (tertiary/aromatic N) is 2. The zero-order valence-corrected chi connectivity index (χ0v) is 11.1. The summed E-state index contributed by atoms with van der Waals surface area (Å²) in [5.74, 6) is 0.281. The third kappa shape index (κ3) is 2.01. The number of nitrogens with two attached hydrogens (primary N) is 1. The van der Waals surface area contributed by atoms with Crippen LogP contribution in [0.4, 0.5) is 5.82 Å². The van der Waals surface area contributed by atoms with Crippen LogP contribution in [0.2, 0.25) is 5.15 Å². The van der Waals surface area contributed by atoms with E-state index in [9.17, 15) is 0 Å². The molecule has 1 saturated heterocycles. The van der Waals surface area contributed by atoms with Crippen molar-refractivity contribution in [2.75, 3.05) is 5.73 Å². The minimum absolute atomic E-state index is 0.260. The molecule has 1 aromatic rings. The van der Waals surface area contributed by atoms with E-state index in [4.69, 9.17) is 26.6 Å². The summed E-state index contributed by atoms with van der Waals surface area (Å²) in [6.45, 7) is 7.84. The van der Waals surface area contributed by atoms with Crippen molar-refractivity contribution in [1.29, 1.82) is 0 Å². The molecule has 0 amide bonds. The quantitative estimate of drug-likeness (QED) is 0.599. The van der Waals surface area contributed by atoms with Crippen molar-refractivity contribution >= 4 is 30.0 Å². The maximum atomic E-state index is 6.00. The van der Waals surface area contributed by atoms with Crippen LogP contribution in [0.25, 0.3) is 0 Å². The average molecular weight is 256 g/mol. The van der Waals surface area contributed by atoms with Crippen molar-refractivity contribution in [3.8, 4) is 0 Å². The Morgan fingerprint density at radius 2 is 1.71 bits per heavy atom. The number of nitrogen functional groups attached to an aromatic ring is 1. The van der Waals surface area contributed by atoms with Crippen LogP contribution < -0.4 is 11.2 Å². The molecule has 1 aliphatic heterocycles. The number of hydrogen-bond donors (Lipinski definition) is 1. The predicted molar refractivity (Wildman–Crippen MR) is 67.2 cm³/mol. The van der Waals surface area contributed by atoms with Crippen molar-refractivity contribution in [3.63, 3.8) is 0 Å². The summed E-state index contributed by atoms with van der Waals surface area (Å²) in [6, 6.07) is 0. The van der Waals surface area contributed by atoms with Crippen molar-refractivity contribution in [2.45, 2.75) is 38.9 Å². The summed E-state index contributed by atoms with van der Waals surface area (Å²) in [7, 11) is -0.631. The Morgan fingerprint density at radius 3 is 2.18 bits per heavy atom. The minimum atomic E-state index is -0.631. The highest BCUT2D eigenvalue weighted by Gasteiger charge is 2.53. The van der Waals surface area contributed by atoms with Gasteiger partial charge in [0.15, 0.2) is 0 Å². The molecule has 0 aliphatic carbocycles. The molecule has 1 fully saturated rings. The van der Waals surface area contributed by atoms with Crippen LogP contribution in [0, 0.1) is 0 Å². The fourth-order valence-corrected chi connectivity index (χ4v) is 1.79. The SMILES string of the molecule is CC1(C)OB(c2c(N)ncnc2Cl)OC1(C)C. The maximum Gasteiger partial charge on any atom is 0.501 e.